The minimum atomic E-state index is -0.455. The number of ether oxygens (including phenoxy) is 1. The van der Waals surface area contributed by atoms with Crippen LogP contribution in [0.5, 0.6) is 0 Å². The van der Waals surface area contributed by atoms with Gasteiger partial charge in [-0.3, -0.25) is 4.79 Å². The highest BCUT2D eigenvalue weighted by molar-refractivity contribution is 6.00. The van der Waals surface area contributed by atoms with Crippen molar-refractivity contribution in [2.75, 3.05) is 0 Å². The summed E-state index contributed by atoms with van der Waals surface area (Å²) in [5.74, 6) is 0.342. The number of hydrogen-bond acceptors (Lipinski definition) is 4. The van der Waals surface area contributed by atoms with Crippen LogP contribution in [0.4, 0.5) is 0 Å². The molecule has 0 radical (unpaired) electrons. The van der Waals surface area contributed by atoms with Crippen LogP contribution in [0.3, 0.4) is 0 Å². The van der Waals surface area contributed by atoms with Crippen LogP contribution in [0.15, 0.2) is 77.4 Å². The highest BCUT2D eigenvalue weighted by atomic mass is 16.5. The van der Waals surface area contributed by atoms with Gasteiger partial charge in [0.05, 0.1) is 5.92 Å². The summed E-state index contributed by atoms with van der Waals surface area (Å²) in [6.45, 7) is 2.09. The predicted octanol–water partition coefficient (Wildman–Crippen LogP) is 4.46. The standard InChI is InChI=1S/C24H22N2O2/c1-2-15-8-10-17(11-9-15)22-19(14-25)24(26)28-21-13-18(12-20(27)23(21)22)16-6-4-3-5-7-16/h3-11,18,22H,2,12-13,26H2,1H3/t18-,22+/m1/s1. The topological polar surface area (TPSA) is 76.1 Å². The zero-order valence-electron chi connectivity index (χ0n) is 15.8. The Labute approximate surface area is 164 Å². The van der Waals surface area contributed by atoms with Crippen molar-refractivity contribution >= 4 is 5.78 Å². The summed E-state index contributed by atoms with van der Waals surface area (Å²) in [6, 6.07) is 20.2. The minimum absolute atomic E-state index is 0.0277. The number of ketones is 1. The third-order valence-electron chi connectivity index (χ3n) is 5.65. The second kappa shape index (κ2) is 7.36. The van der Waals surface area contributed by atoms with Gasteiger partial charge in [-0.25, -0.2) is 0 Å². The molecule has 0 unspecified atom stereocenters. The molecular formula is C24H22N2O2. The Morgan fingerprint density at radius 1 is 1.07 bits per heavy atom. The monoisotopic (exact) mass is 370 g/mol. The first-order chi connectivity index (χ1) is 13.6. The maximum atomic E-state index is 13.2. The van der Waals surface area contributed by atoms with Crippen molar-refractivity contribution in [3.8, 4) is 6.07 Å². The molecule has 0 fully saturated rings. The second-order valence-corrected chi connectivity index (χ2v) is 7.30. The van der Waals surface area contributed by atoms with E-state index in [-0.39, 0.29) is 17.6 Å². The van der Waals surface area contributed by atoms with Gasteiger partial charge < -0.3 is 10.5 Å². The number of rotatable bonds is 3. The first-order valence-corrected chi connectivity index (χ1v) is 9.60. The van der Waals surface area contributed by atoms with Crippen LogP contribution < -0.4 is 5.73 Å². The van der Waals surface area contributed by atoms with E-state index in [1.54, 1.807) is 0 Å². The number of allylic oxidation sites excluding steroid dienone is 3. The fraction of sp³-hybridized carbons (Fsp3) is 0.250. The number of Topliss-reactive ketones (excluding diaryl/α,β-unsaturated/α-hetero) is 1. The van der Waals surface area contributed by atoms with E-state index in [2.05, 4.69) is 13.0 Å². The van der Waals surface area contributed by atoms with E-state index >= 15 is 0 Å². The fourth-order valence-electron chi connectivity index (χ4n) is 4.15. The van der Waals surface area contributed by atoms with Crippen molar-refractivity contribution in [1.29, 1.82) is 5.26 Å². The van der Waals surface area contributed by atoms with Gasteiger partial charge in [-0.05, 0) is 29.0 Å². The molecule has 1 aliphatic carbocycles. The summed E-state index contributed by atoms with van der Waals surface area (Å²) in [6.07, 6.45) is 1.95. The molecule has 0 aromatic heterocycles. The van der Waals surface area contributed by atoms with Crippen molar-refractivity contribution in [2.24, 2.45) is 5.73 Å². The molecule has 1 heterocycles. The van der Waals surface area contributed by atoms with E-state index in [0.717, 1.165) is 17.5 Å². The van der Waals surface area contributed by atoms with Gasteiger partial charge in [-0.15, -0.1) is 0 Å². The lowest BCUT2D eigenvalue weighted by molar-refractivity contribution is -0.117. The van der Waals surface area contributed by atoms with Gasteiger partial charge in [0.1, 0.15) is 17.4 Å². The lowest BCUT2D eigenvalue weighted by atomic mass is 9.73. The Kier molecular flexibility index (Phi) is 4.75. The van der Waals surface area contributed by atoms with Gasteiger partial charge >= 0.3 is 0 Å². The maximum absolute atomic E-state index is 13.2. The molecule has 0 amide bonds. The van der Waals surface area contributed by atoms with Crippen LogP contribution in [-0.4, -0.2) is 5.78 Å². The third kappa shape index (κ3) is 3.10. The first kappa shape index (κ1) is 18.1. The average Bonchev–Trinajstić information content (AvgIpc) is 2.73. The van der Waals surface area contributed by atoms with Crippen LogP contribution in [0.1, 0.15) is 48.3 Å². The molecule has 2 aromatic rings. The lowest BCUT2D eigenvalue weighted by Gasteiger charge is -2.34. The van der Waals surface area contributed by atoms with Crippen molar-refractivity contribution in [3.63, 3.8) is 0 Å². The molecule has 0 spiro atoms. The Morgan fingerprint density at radius 2 is 1.79 bits per heavy atom. The molecule has 2 N–H and O–H groups in total. The summed E-state index contributed by atoms with van der Waals surface area (Å²) in [5, 5.41) is 9.70. The molecule has 1 aliphatic heterocycles. The molecule has 0 bridgehead atoms. The van der Waals surface area contributed by atoms with E-state index < -0.39 is 5.92 Å². The van der Waals surface area contributed by atoms with Crippen LogP contribution in [-0.2, 0) is 16.0 Å². The van der Waals surface area contributed by atoms with Gasteiger partial charge in [0.15, 0.2) is 5.78 Å². The summed E-state index contributed by atoms with van der Waals surface area (Å²) in [4.78, 5) is 13.2. The quantitative estimate of drug-likeness (QED) is 0.865. The van der Waals surface area contributed by atoms with Crippen LogP contribution in [0.2, 0.25) is 0 Å². The lowest BCUT2D eigenvalue weighted by Crippen LogP contribution is -2.29. The zero-order valence-corrected chi connectivity index (χ0v) is 15.8. The minimum Gasteiger partial charge on any atom is -0.444 e. The molecule has 4 rings (SSSR count). The van der Waals surface area contributed by atoms with E-state index in [1.807, 2.05) is 54.6 Å². The third-order valence-corrected chi connectivity index (χ3v) is 5.65. The number of nitriles is 1. The van der Waals surface area contributed by atoms with Crippen LogP contribution in [0, 0.1) is 11.3 Å². The predicted molar refractivity (Wildman–Crippen MR) is 107 cm³/mol. The Balaban J connectivity index is 1.77. The average molecular weight is 370 g/mol. The van der Waals surface area contributed by atoms with E-state index in [0.29, 0.717) is 29.7 Å². The summed E-state index contributed by atoms with van der Waals surface area (Å²) < 4.78 is 5.81. The van der Waals surface area contributed by atoms with Gasteiger partial charge in [0, 0.05) is 18.4 Å². The Bertz CT molecular complexity index is 1010. The smallest absolute Gasteiger partial charge is 0.205 e. The molecule has 2 aromatic carbocycles. The number of aryl methyl sites for hydroxylation is 1. The maximum Gasteiger partial charge on any atom is 0.205 e. The van der Waals surface area contributed by atoms with Crippen molar-refractivity contribution in [3.05, 3.63) is 94.1 Å². The van der Waals surface area contributed by atoms with Crippen molar-refractivity contribution < 1.29 is 9.53 Å². The Hall–Kier alpha value is -3.32. The van der Waals surface area contributed by atoms with E-state index in [1.165, 1.54) is 5.56 Å². The Morgan fingerprint density at radius 3 is 2.43 bits per heavy atom. The summed E-state index contributed by atoms with van der Waals surface area (Å²) in [5.41, 5.74) is 10.2. The molecule has 2 atom stereocenters. The van der Waals surface area contributed by atoms with Gasteiger partial charge in [-0.1, -0.05) is 61.5 Å². The number of carbonyl (C=O) groups is 1. The van der Waals surface area contributed by atoms with E-state index in [9.17, 15) is 10.1 Å². The second-order valence-electron chi connectivity index (χ2n) is 7.30. The van der Waals surface area contributed by atoms with Crippen molar-refractivity contribution in [2.45, 2.75) is 38.0 Å². The molecule has 4 heteroatoms. The highest BCUT2D eigenvalue weighted by Crippen LogP contribution is 2.46. The van der Waals surface area contributed by atoms with Gasteiger partial charge in [-0.2, -0.15) is 5.26 Å². The van der Waals surface area contributed by atoms with Gasteiger partial charge in [0.2, 0.25) is 5.88 Å². The molecule has 28 heavy (non-hydrogen) atoms. The van der Waals surface area contributed by atoms with E-state index in [4.69, 9.17) is 10.5 Å². The number of nitrogens with zero attached hydrogens (tertiary/aromatic N) is 1. The summed E-state index contributed by atoms with van der Waals surface area (Å²) >= 11 is 0. The molecule has 4 nitrogen and oxygen atoms in total. The number of nitrogens with two attached hydrogens (primary N) is 1. The first-order valence-electron chi connectivity index (χ1n) is 9.60. The summed E-state index contributed by atoms with van der Waals surface area (Å²) in [7, 11) is 0. The number of benzene rings is 2. The molecule has 140 valence electrons. The largest absolute Gasteiger partial charge is 0.444 e. The highest BCUT2D eigenvalue weighted by Gasteiger charge is 2.40. The normalized spacial score (nSPS) is 21.8. The molecule has 0 saturated carbocycles. The SMILES string of the molecule is CCc1ccc([C@H]2C(C#N)=C(N)OC3=C2C(=O)C[C@@H](c2ccccc2)C3)cc1. The van der Waals surface area contributed by atoms with Crippen molar-refractivity contribution in [1.82, 2.24) is 0 Å². The fourth-order valence-corrected chi connectivity index (χ4v) is 4.15. The van der Waals surface area contributed by atoms with Crippen LogP contribution in [0.25, 0.3) is 0 Å². The number of hydrogen-bond donors (Lipinski definition) is 1. The van der Waals surface area contributed by atoms with Gasteiger partial charge in [0.25, 0.3) is 0 Å². The van der Waals surface area contributed by atoms with Crippen LogP contribution >= 0.6 is 0 Å². The molecule has 2 aliphatic rings. The number of carbonyl (C=O) groups excluding carboxylic acids is 1. The molecular weight excluding hydrogens is 348 g/mol. The zero-order chi connectivity index (χ0) is 19.7. The molecule has 0 saturated heterocycles.